The van der Waals surface area contributed by atoms with Gasteiger partial charge in [0, 0.05) is 24.1 Å². The van der Waals surface area contributed by atoms with E-state index in [2.05, 4.69) is 57.9 Å². The number of hydrogen-bond donors (Lipinski definition) is 0. The highest BCUT2D eigenvalue weighted by Crippen LogP contribution is 2.43. The van der Waals surface area contributed by atoms with E-state index in [1.165, 1.54) is 31.5 Å². The van der Waals surface area contributed by atoms with Gasteiger partial charge in [0.2, 0.25) is 0 Å². The van der Waals surface area contributed by atoms with E-state index in [0.717, 1.165) is 24.1 Å². The lowest BCUT2D eigenvalue weighted by Crippen LogP contribution is -2.43. The van der Waals surface area contributed by atoms with E-state index >= 15 is 0 Å². The fraction of sp³-hybridized carbons (Fsp3) is 0.667. The molecule has 0 atom stereocenters. The second-order valence-electron chi connectivity index (χ2n) is 5.56. The monoisotopic (exact) mass is 310 g/mol. The summed E-state index contributed by atoms with van der Waals surface area (Å²) in [5.41, 5.74) is 2.84. The van der Waals surface area contributed by atoms with Gasteiger partial charge >= 0.3 is 0 Å². The van der Waals surface area contributed by atoms with Crippen molar-refractivity contribution in [3.63, 3.8) is 0 Å². The fourth-order valence-corrected chi connectivity index (χ4v) is 3.42. The number of pyridine rings is 1. The van der Waals surface area contributed by atoms with Crippen LogP contribution in [0.4, 0.5) is 0 Å². The minimum absolute atomic E-state index is 0.528. The first kappa shape index (κ1) is 14.0. The SMILES string of the molecule is CCN(Cc1cccc(C)n1)CC1(CBr)CCC1. The van der Waals surface area contributed by atoms with Crippen molar-refractivity contribution in [2.75, 3.05) is 18.4 Å². The molecule has 2 rings (SSSR count). The maximum Gasteiger partial charge on any atom is 0.0547 e. The smallest absolute Gasteiger partial charge is 0.0547 e. The Kier molecular flexibility index (Phi) is 4.79. The Hall–Kier alpha value is -0.410. The number of halogens is 1. The van der Waals surface area contributed by atoms with Crippen LogP contribution in [-0.4, -0.2) is 28.3 Å². The summed E-state index contributed by atoms with van der Waals surface area (Å²) >= 11 is 3.70. The van der Waals surface area contributed by atoms with Crippen molar-refractivity contribution in [1.29, 1.82) is 0 Å². The van der Waals surface area contributed by atoms with Gasteiger partial charge in [-0.1, -0.05) is 35.3 Å². The standard InChI is InChI=1S/C15H23BrN2/c1-3-18(12-15(11-16)8-5-9-15)10-14-7-4-6-13(2)17-14/h4,6-7H,3,5,8-12H2,1-2H3. The zero-order chi connectivity index (χ0) is 13.0. The minimum Gasteiger partial charge on any atom is -0.297 e. The van der Waals surface area contributed by atoms with E-state index in [4.69, 9.17) is 0 Å². The molecular formula is C15H23BrN2. The third-order valence-corrected chi connectivity index (χ3v) is 5.23. The van der Waals surface area contributed by atoms with Gasteiger partial charge in [-0.3, -0.25) is 9.88 Å². The van der Waals surface area contributed by atoms with Crippen molar-refractivity contribution in [3.8, 4) is 0 Å². The molecule has 0 radical (unpaired) electrons. The molecule has 100 valence electrons. The number of aryl methyl sites for hydroxylation is 1. The average molecular weight is 311 g/mol. The van der Waals surface area contributed by atoms with Gasteiger partial charge in [-0.05, 0) is 43.9 Å². The average Bonchev–Trinajstić information content (AvgIpc) is 2.32. The first-order valence-corrected chi connectivity index (χ1v) is 8.00. The van der Waals surface area contributed by atoms with Gasteiger partial charge in [-0.2, -0.15) is 0 Å². The second kappa shape index (κ2) is 6.16. The molecule has 1 saturated carbocycles. The van der Waals surface area contributed by atoms with E-state index in [0.29, 0.717) is 5.41 Å². The third-order valence-electron chi connectivity index (χ3n) is 4.04. The highest BCUT2D eigenvalue weighted by molar-refractivity contribution is 9.09. The molecule has 0 N–H and O–H groups in total. The van der Waals surface area contributed by atoms with Crippen LogP contribution in [0, 0.1) is 12.3 Å². The molecule has 3 heteroatoms. The Balaban J connectivity index is 1.97. The molecule has 1 aromatic rings. The summed E-state index contributed by atoms with van der Waals surface area (Å²) < 4.78 is 0. The van der Waals surface area contributed by atoms with Gasteiger partial charge in [0.15, 0.2) is 0 Å². The van der Waals surface area contributed by atoms with Crippen LogP contribution in [-0.2, 0) is 6.54 Å². The van der Waals surface area contributed by atoms with Crippen molar-refractivity contribution in [2.45, 2.75) is 39.7 Å². The van der Waals surface area contributed by atoms with E-state index in [1.54, 1.807) is 0 Å². The number of hydrogen-bond acceptors (Lipinski definition) is 2. The Morgan fingerprint density at radius 3 is 2.67 bits per heavy atom. The maximum atomic E-state index is 4.61. The third kappa shape index (κ3) is 3.33. The molecule has 0 bridgehead atoms. The summed E-state index contributed by atoms with van der Waals surface area (Å²) in [6, 6.07) is 6.30. The number of nitrogens with zero attached hydrogens (tertiary/aromatic N) is 2. The molecule has 0 aromatic carbocycles. The van der Waals surface area contributed by atoms with Crippen LogP contribution in [0.5, 0.6) is 0 Å². The lowest BCUT2D eigenvalue weighted by atomic mass is 9.70. The zero-order valence-electron chi connectivity index (χ0n) is 11.5. The van der Waals surface area contributed by atoms with Crippen LogP contribution in [0.25, 0.3) is 0 Å². The molecule has 2 nitrogen and oxygen atoms in total. The van der Waals surface area contributed by atoms with Gasteiger partial charge in [0.1, 0.15) is 0 Å². The van der Waals surface area contributed by atoms with Gasteiger partial charge in [0.25, 0.3) is 0 Å². The lowest BCUT2D eigenvalue weighted by Gasteiger charge is -2.44. The molecule has 0 amide bonds. The zero-order valence-corrected chi connectivity index (χ0v) is 13.0. The Bertz CT molecular complexity index is 382. The normalized spacial score (nSPS) is 17.8. The van der Waals surface area contributed by atoms with E-state index < -0.39 is 0 Å². The predicted molar refractivity (Wildman–Crippen MR) is 80.0 cm³/mol. The molecule has 0 saturated heterocycles. The molecule has 1 aliphatic rings. The van der Waals surface area contributed by atoms with Crippen LogP contribution < -0.4 is 0 Å². The molecule has 1 aliphatic carbocycles. The molecule has 0 unspecified atom stereocenters. The number of alkyl halides is 1. The van der Waals surface area contributed by atoms with Gasteiger partial charge in [-0.15, -0.1) is 0 Å². The van der Waals surface area contributed by atoms with E-state index in [9.17, 15) is 0 Å². The highest BCUT2D eigenvalue weighted by Gasteiger charge is 2.37. The number of rotatable bonds is 6. The molecule has 0 spiro atoms. The van der Waals surface area contributed by atoms with Gasteiger partial charge < -0.3 is 0 Å². The van der Waals surface area contributed by atoms with Gasteiger partial charge in [-0.25, -0.2) is 0 Å². The maximum absolute atomic E-state index is 4.61. The van der Waals surface area contributed by atoms with Crippen molar-refractivity contribution in [1.82, 2.24) is 9.88 Å². The summed E-state index contributed by atoms with van der Waals surface area (Å²) in [4.78, 5) is 7.14. The van der Waals surface area contributed by atoms with Crippen molar-refractivity contribution in [3.05, 3.63) is 29.6 Å². The van der Waals surface area contributed by atoms with Crippen molar-refractivity contribution in [2.24, 2.45) is 5.41 Å². The van der Waals surface area contributed by atoms with E-state index in [-0.39, 0.29) is 0 Å². The molecular weight excluding hydrogens is 288 g/mol. The van der Waals surface area contributed by atoms with E-state index in [1.807, 2.05) is 0 Å². The minimum atomic E-state index is 0.528. The number of aromatic nitrogens is 1. The Morgan fingerprint density at radius 1 is 1.39 bits per heavy atom. The van der Waals surface area contributed by atoms with Crippen LogP contribution in [0.2, 0.25) is 0 Å². The highest BCUT2D eigenvalue weighted by atomic mass is 79.9. The van der Waals surface area contributed by atoms with Crippen LogP contribution in [0.1, 0.15) is 37.6 Å². The summed E-state index contributed by atoms with van der Waals surface area (Å²) in [6.07, 6.45) is 4.14. The topological polar surface area (TPSA) is 16.1 Å². The molecule has 0 aliphatic heterocycles. The summed E-state index contributed by atoms with van der Waals surface area (Å²) in [5.74, 6) is 0. The molecule has 18 heavy (non-hydrogen) atoms. The fourth-order valence-electron chi connectivity index (χ4n) is 2.68. The molecule has 1 aromatic heterocycles. The van der Waals surface area contributed by atoms with Gasteiger partial charge in [0.05, 0.1) is 5.69 Å². The van der Waals surface area contributed by atoms with Crippen LogP contribution >= 0.6 is 15.9 Å². The molecule has 1 fully saturated rings. The predicted octanol–water partition coefficient (Wildman–Crippen LogP) is 3.78. The van der Waals surface area contributed by atoms with Crippen LogP contribution in [0.15, 0.2) is 18.2 Å². The summed E-state index contributed by atoms with van der Waals surface area (Å²) in [5, 5.41) is 1.14. The molecule has 1 heterocycles. The lowest BCUT2D eigenvalue weighted by molar-refractivity contribution is 0.0894. The summed E-state index contributed by atoms with van der Waals surface area (Å²) in [6.45, 7) is 7.59. The van der Waals surface area contributed by atoms with Crippen molar-refractivity contribution >= 4 is 15.9 Å². The second-order valence-corrected chi connectivity index (χ2v) is 6.12. The first-order chi connectivity index (χ1) is 8.67. The largest absolute Gasteiger partial charge is 0.297 e. The van der Waals surface area contributed by atoms with Crippen LogP contribution in [0.3, 0.4) is 0 Å². The first-order valence-electron chi connectivity index (χ1n) is 6.88. The Morgan fingerprint density at radius 2 is 2.17 bits per heavy atom. The summed E-state index contributed by atoms with van der Waals surface area (Å²) in [7, 11) is 0. The van der Waals surface area contributed by atoms with Crippen molar-refractivity contribution < 1.29 is 0 Å². The quantitative estimate of drug-likeness (QED) is 0.743. The Labute approximate surface area is 119 Å².